The molecule has 7 heteroatoms. The first kappa shape index (κ1) is 17.2. The van der Waals surface area contributed by atoms with Crippen molar-refractivity contribution in [3.8, 4) is 23.1 Å². The van der Waals surface area contributed by atoms with Crippen molar-refractivity contribution in [2.75, 3.05) is 12.4 Å². The van der Waals surface area contributed by atoms with Crippen LogP contribution in [0.25, 0.3) is 17.1 Å². The molecular formula is C20H19FN4O2. The third-order valence-electron chi connectivity index (χ3n) is 4.74. The number of carbonyl (C=O) groups excluding carboxylic acids is 1. The van der Waals surface area contributed by atoms with Gasteiger partial charge in [-0.05, 0) is 49.2 Å². The lowest BCUT2D eigenvalue weighted by atomic mass is 9.85. The Bertz CT molecular complexity index is 964. The first-order chi connectivity index (χ1) is 13.2. The van der Waals surface area contributed by atoms with Crippen molar-refractivity contribution in [2.45, 2.75) is 19.3 Å². The van der Waals surface area contributed by atoms with Crippen LogP contribution in [0.1, 0.15) is 19.3 Å². The summed E-state index contributed by atoms with van der Waals surface area (Å²) in [5, 5.41) is 7.21. The summed E-state index contributed by atoms with van der Waals surface area (Å²) in [4.78, 5) is 16.3. The molecule has 0 radical (unpaired) electrons. The zero-order valence-electron chi connectivity index (χ0n) is 14.9. The van der Waals surface area contributed by atoms with Gasteiger partial charge in [-0.25, -0.2) is 9.07 Å². The molecule has 0 unspecified atom stereocenters. The van der Waals surface area contributed by atoms with Crippen molar-refractivity contribution in [3.05, 3.63) is 54.3 Å². The maximum atomic E-state index is 14.2. The third-order valence-corrected chi connectivity index (χ3v) is 4.74. The molecule has 0 spiro atoms. The molecule has 1 saturated carbocycles. The van der Waals surface area contributed by atoms with Gasteiger partial charge in [0.2, 0.25) is 5.91 Å². The van der Waals surface area contributed by atoms with Gasteiger partial charge in [0.15, 0.2) is 5.82 Å². The monoisotopic (exact) mass is 366 g/mol. The lowest BCUT2D eigenvalue weighted by Crippen LogP contribution is -2.27. The Hall–Kier alpha value is -3.22. The van der Waals surface area contributed by atoms with E-state index in [2.05, 4.69) is 15.4 Å². The summed E-state index contributed by atoms with van der Waals surface area (Å²) in [5.74, 6) is 0.134. The molecule has 27 heavy (non-hydrogen) atoms. The van der Waals surface area contributed by atoms with Crippen LogP contribution in [0, 0.1) is 11.7 Å². The molecule has 4 rings (SSSR count). The number of hydrogen-bond acceptors (Lipinski definition) is 4. The van der Waals surface area contributed by atoms with Crippen LogP contribution in [0.3, 0.4) is 0 Å². The van der Waals surface area contributed by atoms with E-state index in [4.69, 9.17) is 4.74 Å². The van der Waals surface area contributed by atoms with E-state index in [0.29, 0.717) is 17.1 Å². The van der Waals surface area contributed by atoms with Gasteiger partial charge < -0.3 is 10.1 Å². The van der Waals surface area contributed by atoms with Crippen LogP contribution >= 0.6 is 0 Å². The number of ether oxygens (including phenoxy) is 1. The number of nitrogens with zero attached hydrogens (tertiary/aromatic N) is 3. The van der Waals surface area contributed by atoms with Crippen molar-refractivity contribution < 1.29 is 13.9 Å². The van der Waals surface area contributed by atoms with Gasteiger partial charge in [-0.1, -0.05) is 18.6 Å². The van der Waals surface area contributed by atoms with E-state index in [-0.39, 0.29) is 17.8 Å². The molecule has 138 valence electrons. The molecule has 2 aromatic carbocycles. The first-order valence-electron chi connectivity index (χ1n) is 8.83. The van der Waals surface area contributed by atoms with Crippen LogP contribution in [0.5, 0.6) is 6.01 Å². The molecule has 6 nitrogen and oxygen atoms in total. The smallest absolute Gasteiger partial charge is 0.336 e. The summed E-state index contributed by atoms with van der Waals surface area (Å²) in [6.07, 6.45) is 3.02. The maximum Gasteiger partial charge on any atom is 0.336 e. The van der Waals surface area contributed by atoms with Crippen molar-refractivity contribution in [3.63, 3.8) is 0 Å². The number of halogens is 1. The lowest BCUT2D eigenvalue weighted by molar-refractivity contribution is -0.122. The van der Waals surface area contributed by atoms with E-state index in [1.807, 2.05) is 0 Å². The minimum Gasteiger partial charge on any atom is -0.466 e. The molecule has 1 amide bonds. The molecule has 3 aromatic rings. The standard InChI is InChI=1S/C20H19FN4O2/c1-27-20-23-18(16-7-2-3-8-17(16)21)25(24-20)15-11-9-14(10-12-15)22-19(26)13-5-4-6-13/h2-3,7-13H,4-6H2,1H3,(H,22,26). The van der Waals surface area contributed by atoms with Gasteiger partial charge in [-0.15, -0.1) is 5.10 Å². The average molecular weight is 366 g/mol. The second-order valence-electron chi connectivity index (χ2n) is 6.48. The van der Waals surface area contributed by atoms with Gasteiger partial charge in [-0.3, -0.25) is 4.79 Å². The highest BCUT2D eigenvalue weighted by Crippen LogP contribution is 2.29. The molecule has 1 fully saturated rings. The molecule has 0 saturated heterocycles. The number of methoxy groups -OCH3 is 1. The first-order valence-corrected chi connectivity index (χ1v) is 8.83. The average Bonchev–Trinajstić information content (AvgIpc) is 3.05. The van der Waals surface area contributed by atoms with Gasteiger partial charge in [0, 0.05) is 11.6 Å². The number of carbonyl (C=O) groups is 1. The summed E-state index contributed by atoms with van der Waals surface area (Å²) < 4.78 is 20.9. The fourth-order valence-electron chi connectivity index (χ4n) is 2.98. The second kappa shape index (κ2) is 7.19. The summed E-state index contributed by atoms with van der Waals surface area (Å²) in [6.45, 7) is 0. The predicted molar refractivity (Wildman–Crippen MR) is 99.3 cm³/mol. The van der Waals surface area contributed by atoms with Gasteiger partial charge in [0.1, 0.15) is 5.82 Å². The van der Waals surface area contributed by atoms with Crippen LogP contribution in [-0.2, 0) is 4.79 Å². The van der Waals surface area contributed by atoms with E-state index in [1.54, 1.807) is 42.5 Å². The van der Waals surface area contributed by atoms with Crippen molar-refractivity contribution in [1.82, 2.24) is 14.8 Å². The fraction of sp³-hybridized carbons (Fsp3) is 0.250. The van der Waals surface area contributed by atoms with Crippen LogP contribution in [-0.4, -0.2) is 27.8 Å². The highest BCUT2D eigenvalue weighted by atomic mass is 19.1. The minimum atomic E-state index is -0.391. The number of nitrogens with one attached hydrogen (secondary N) is 1. The van der Waals surface area contributed by atoms with E-state index in [9.17, 15) is 9.18 Å². The van der Waals surface area contributed by atoms with E-state index in [0.717, 1.165) is 24.9 Å². The van der Waals surface area contributed by atoms with Gasteiger partial charge in [0.05, 0.1) is 18.4 Å². The number of anilines is 1. The molecule has 1 aromatic heterocycles. The van der Waals surface area contributed by atoms with E-state index < -0.39 is 5.82 Å². The Morgan fingerprint density at radius 1 is 1.19 bits per heavy atom. The molecule has 0 aliphatic heterocycles. The van der Waals surface area contributed by atoms with Crippen molar-refractivity contribution in [2.24, 2.45) is 5.92 Å². The van der Waals surface area contributed by atoms with Gasteiger partial charge in [0.25, 0.3) is 0 Å². The Morgan fingerprint density at radius 2 is 1.93 bits per heavy atom. The fourth-order valence-corrected chi connectivity index (χ4v) is 2.98. The zero-order valence-corrected chi connectivity index (χ0v) is 14.9. The molecular weight excluding hydrogens is 347 g/mol. The number of amides is 1. The molecule has 0 atom stereocenters. The predicted octanol–water partition coefficient (Wildman–Crippen LogP) is 3.82. The van der Waals surface area contributed by atoms with E-state index in [1.165, 1.54) is 17.9 Å². The van der Waals surface area contributed by atoms with Crippen LogP contribution in [0.2, 0.25) is 0 Å². The highest BCUT2D eigenvalue weighted by Gasteiger charge is 2.25. The highest BCUT2D eigenvalue weighted by molar-refractivity contribution is 5.93. The summed E-state index contributed by atoms with van der Waals surface area (Å²) in [5.41, 5.74) is 1.73. The largest absolute Gasteiger partial charge is 0.466 e. The minimum absolute atomic E-state index is 0.0588. The number of benzene rings is 2. The second-order valence-corrected chi connectivity index (χ2v) is 6.48. The normalized spacial score (nSPS) is 13.9. The topological polar surface area (TPSA) is 69.0 Å². The Balaban J connectivity index is 1.64. The molecule has 1 N–H and O–H groups in total. The number of hydrogen-bond donors (Lipinski definition) is 1. The number of aromatic nitrogens is 3. The maximum absolute atomic E-state index is 14.2. The van der Waals surface area contributed by atoms with Crippen LogP contribution in [0.4, 0.5) is 10.1 Å². The Kier molecular flexibility index (Phi) is 4.58. The van der Waals surface area contributed by atoms with Gasteiger partial charge >= 0.3 is 6.01 Å². The molecule has 0 bridgehead atoms. The summed E-state index contributed by atoms with van der Waals surface area (Å²) >= 11 is 0. The molecule has 1 aliphatic rings. The quantitative estimate of drug-likeness (QED) is 0.745. The summed E-state index contributed by atoms with van der Waals surface area (Å²) in [7, 11) is 1.46. The van der Waals surface area contributed by atoms with Crippen molar-refractivity contribution >= 4 is 11.6 Å². The van der Waals surface area contributed by atoms with Crippen molar-refractivity contribution in [1.29, 1.82) is 0 Å². The molecule has 1 heterocycles. The molecule has 1 aliphatic carbocycles. The lowest BCUT2D eigenvalue weighted by Gasteiger charge is -2.24. The van der Waals surface area contributed by atoms with Crippen LogP contribution in [0.15, 0.2) is 48.5 Å². The number of rotatable bonds is 5. The van der Waals surface area contributed by atoms with E-state index >= 15 is 0 Å². The Morgan fingerprint density at radius 3 is 2.56 bits per heavy atom. The zero-order chi connectivity index (χ0) is 18.8. The van der Waals surface area contributed by atoms with Gasteiger partial charge in [-0.2, -0.15) is 4.98 Å². The van der Waals surface area contributed by atoms with Crippen LogP contribution < -0.4 is 10.1 Å². The summed E-state index contributed by atoms with van der Waals surface area (Å²) in [6, 6.07) is 13.7. The SMILES string of the molecule is COc1nc(-c2ccccc2F)n(-c2ccc(NC(=O)C3CCC3)cc2)n1. The Labute approximate surface area is 156 Å². The third kappa shape index (κ3) is 3.40.